The Kier molecular flexibility index (Phi) is 934. The molecule has 3 nitrogen and oxygen atoms in total. The molecule has 0 atom stereocenters. The van der Waals surface area contributed by atoms with E-state index in [4.69, 9.17) is 0 Å². The van der Waals surface area contributed by atoms with E-state index in [9.17, 15) is 0 Å². The Morgan fingerprint density at radius 2 is 0.429 bits per heavy atom. The molecule has 24 valence electrons. The van der Waals surface area contributed by atoms with Gasteiger partial charge in [0.2, 0.25) is 0 Å². The van der Waals surface area contributed by atoms with Crippen LogP contribution in [0.4, 0.5) is 0 Å². The minimum atomic E-state index is 0. The molecule has 0 unspecified atom stereocenters. The zero-order valence-corrected chi connectivity index (χ0v) is 10.7. The normalized spacial score (nSPS) is 0. The zero-order chi connectivity index (χ0) is 0. The third-order valence-electron chi connectivity index (χ3n) is 0. The van der Waals surface area contributed by atoms with Gasteiger partial charge in [0.05, 0.1) is 0 Å². The molecule has 0 aromatic rings. The smallest absolute Gasteiger partial charge is 3.00 e. The molecule has 0 radical (unpaired) electrons. The Morgan fingerprint density at radius 3 is 0.429 bits per heavy atom. The Morgan fingerprint density at radius 1 is 0.429 bits per heavy atom. The summed E-state index contributed by atoms with van der Waals surface area (Å²) in [5, 5.41) is 0. The Bertz CT molecular complexity index is 10.1. The van der Waals surface area contributed by atoms with Gasteiger partial charge >= 0.3 is 88.9 Å². The van der Waals surface area contributed by atoms with Crippen molar-refractivity contribution in [2.24, 2.45) is 0 Å². The van der Waals surface area contributed by atoms with Gasteiger partial charge in [0.15, 0.2) is 0 Å². The van der Waals surface area contributed by atoms with E-state index in [-0.39, 0.29) is 107 Å². The second-order valence-electron chi connectivity index (χ2n) is 0. The van der Waals surface area contributed by atoms with E-state index in [1.807, 2.05) is 0 Å². The Hall–Kier alpha value is 2.82. The molecule has 0 aromatic carbocycles. The van der Waals surface area contributed by atoms with Gasteiger partial charge < -0.3 is 18.5 Å². The number of nitrogens with zero attached hydrogens (tertiary/aromatic N) is 3. The van der Waals surface area contributed by atoms with Crippen molar-refractivity contribution in [2.75, 3.05) is 0 Å². The summed E-state index contributed by atoms with van der Waals surface area (Å²) in [6, 6.07) is 0. The van der Waals surface area contributed by atoms with Crippen molar-refractivity contribution in [2.45, 2.75) is 0 Å². The zero-order valence-electron chi connectivity index (χ0n) is 4.04. The van der Waals surface area contributed by atoms with Gasteiger partial charge in [-0.2, -0.15) is 0 Å². The maximum absolute atomic E-state index is 0. The van der Waals surface area contributed by atoms with Crippen LogP contribution in [0.1, 0.15) is 0 Å². The molecule has 0 fully saturated rings. The fourth-order valence-electron chi connectivity index (χ4n) is 0. The van der Waals surface area contributed by atoms with Crippen molar-refractivity contribution in [3.63, 3.8) is 0 Å². The van der Waals surface area contributed by atoms with E-state index in [2.05, 4.69) is 0 Å². The molecule has 0 spiro atoms. The summed E-state index contributed by atoms with van der Waals surface area (Å²) in [5.41, 5.74) is 0. The maximum atomic E-state index is 0. The second-order valence-corrected chi connectivity index (χ2v) is 0. The second kappa shape index (κ2) is 67.9. The first-order valence-electron chi connectivity index (χ1n) is 0. The summed E-state index contributed by atoms with van der Waals surface area (Å²) in [6.07, 6.45) is 0. The van der Waals surface area contributed by atoms with Crippen molar-refractivity contribution >= 4 is 88.9 Å². The summed E-state index contributed by atoms with van der Waals surface area (Å²) in [7, 11) is 0. The molecule has 0 aliphatic rings. The first kappa shape index (κ1) is 96.2. The van der Waals surface area contributed by atoms with E-state index >= 15 is 0 Å². The van der Waals surface area contributed by atoms with Crippen molar-refractivity contribution in [1.82, 2.24) is 0 Å². The van der Waals surface area contributed by atoms with Crippen molar-refractivity contribution in [3.05, 3.63) is 18.5 Å². The van der Waals surface area contributed by atoms with E-state index in [1.165, 1.54) is 0 Å². The minimum absolute atomic E-state index is 0. The molecule has 7 heavy (non-hydrogen) atoms. The first-order valence-corrected chi connectivity index (χ1v) is 0. The van der Waals surface area contributed by atoms with Crippen LogP contribution in [0.2, 0.25) is 0 Å². The number of hydrogen-bond donors (Lipinski definition) is 0. The SMILES string of the molecule is [Ga+3].[Mg+2].[Mg+2].[Mg+2].[N-3].[N-3].[N-3]. The van der Waals surface area contributed by atoms with Gasteiger partial charge in [-0.15, -0.1) is 0 Å². The van der Waals surface area contributed by atoms with Crippen molar-refractivity contribution in [3.8, 4) is 0 Å². The van der Waals surface area contributed by atoms with Crippen LogP contribution in [-0.4, -0.2) is 88.9 Å². The van der Waals surface area contributed by atoms with Crippen LogP contribution in [0.15, 0.2) is 0 Å². The molecular formula is GaMg3N3. The fourth-order valence-corrected chi connectivity index (χ4v) is 0. The van der Waals surface area contributed by atoms with Gasteiger partial charge in [-0.3, -0.25) is 0 Å². The monoisotopic (exact) mass is 183 g/mol. The largest absolute Gasteiger partial charge is 3.00 e. The average Bonchev–Trinajstić information content (AvgIpc) is 0. The number of rotatable bonds is 0. The number of hydrogen-bond acceptors (Lipinski definition) is 0. The van der Waals surface area contributed by atoms with Gasteiger partial charge in [0.1, 0.15) is 0 Å². The van der Waals surface area contributed by atoms with Crippen LogP contribution in [0.5, 0.6) is 0 Å². The van der Waals surface area contributed by atoms with Gasteiger partial charge in [-0.05, 0) is 0 Å². The molecule has 0 amide bonds. The summed E-state index contributed by atoms with van der Waals surface area (Å²) >= 11 is 0. The standard InChI is InChI=1S/Ga.3Mg.3N/q+3;3*+2;3*-3. The Labute approximate surface area is 106 Å². The Balaban J connectivity index is 0. The molecule has 0 aromatic heterocycles. The van der Waals surface area contributed by atoms with E-state index in [1.54, 1.807) is 0 Å². The molecule has 0 heterocycles. The predicted molar refractivity (Wildman–Crippen MR) is 33.1 cm³/mol. The van der Waals surface area contributed by atoms with Crippen molar-refractivity contribution in [1.29, 1.82) is 0 Å². The molecule has 7 heteroatoms. The molecule has 0 saturated heterocycles. The minimum Gasteiger partial charge on any atom is -3.00 e. The molecular weight excluding hydrogens is 185 g/mol. The van der Waals surface area contributed by atoms with Crippen molar-refractivity contribution < 1.29 is 0 Å². The fraction of sp³-hybridized carbons (Fsp3) is 0. The topological polar surface area (TPSA) is 91.5 Å². The quantitative estimate of drug-likeness (QED) is 0.448. The summed E-state index contributed by atoms with van der Waals surface area (Å²) in [6.45, 7) is 0. The van der Waals surface area contributed by atoms with E-state index in [0.717, 1.165) is 0 Å². The van der Waals surface area contributed by atoms with Crippen LogP contribution >= 0.6 is 0 Å². The maximum Gasteiger partial charge on any atom is 3.00 e. The summed E-state index contributed by atoms with van der Waals surface area (Å²) < 4.78 is 0. The summed E-state index contributed by atoms with van der Waals surface area (Å²) in [5.74, 6) is 0. The third kappa shape index (κ3) is 51.7. The molecule has 0 N–H and O–H groups in total. The molecule has 0 rings (SSSR count). The molecule has 0 aliphatic carbocycles. The molecule has 0 saturated carbocycles. The summed E-state index contributed by atoms with van der Waals surface area (Å²) in [4.78, 5) is 0. The van der Waals surface area contributed by atoms with Crippen LogP contribution in [0, 0.1) is 0 Å². The molecule has 0 bridgehead atoms. The average molecular weight is 185 g/mol. The van der Waals surface area contributed by atoms with Gasteiger partial charge in [0, 0.05) is 0 Å². The van der Waals surface area contributed by atoms with Crippen LogP contribution in [0.25, 0.3) is 18.5 Å². The van der Waals surface area contributed by atoms with E-state index < -0.39 is 0 Å². The van der Waals surface area contributed by atoms with Crippen LogP contribution in [-0.2, 0) is 0 Å². The predicted octanol–water partition coefficient (Wildman–Crippen LogP) is -0.657. The third-order valence-corrected chi connectivity index (χ3v) is 0. The van der Waals surface area contributed by atoms with Gasteiger partial charge in [0.25, 0.3) is 0 Å². The van der Waals surface area contributed by atoms with E-state index in [0.29, 0.717) is 0 Å². The first-order chi connectivity index (χ1) is 0. The van der Waals surface area contributed by atoms with Gasteiger partial charge in [-0.25, -0.2) is 0 Å². The van der Waals surface area contributed by atoms with Crippen LogP contribution in [0.3, 0.4) is 0 Å². The molecule has 0 aliphatic heterocycles. The van der Waals surface area contributed by atoms with Crippen LogP contribution < -0.4 is 0 Å². The van der Waals surface area contributed by atoms with Gasteiger partial charge in [-0.1, -0.05) is 0 Å².